The molecule has 1 saturated carbocycles. The number of amides is 1. The van der Waals surface area contributed by atoms with E-state index in [1.54, 1.807) is 30.9 Å². The van der Waals surface area contributed by atoms with Crippen LogP contribution in [0.25, 0.3) is 5.65 Å². The van der Waals surface area contributed by atoms with Crippen LogP contribution in [0.4, 0.5) is 0 Å². The molecule has 0 bridgehead atoms. The second kappa shape index (κ2) is 5.92. The molecular weight excluding hydrogens is 284 g/mol. The van der Waals surface area contributed by atoms with Gasteiger partial charge in [-0.25, -0.2) is 9.50 Å². The zero-order valence-electron chi connectivity index (χ0n) is 13.1. The number of aromatic nitrogens is 3. The predicted molar refractivity (Wildman–Crippen MR) is 80.2 cm³/mol. The first-order valence-corrected chi connectivity index (χ1v) is 7.36. The van der Waals surface area contributed by atoms with Crippen molar-refractivity contribution in [2.75, 3.05) is 27.4 Å². The third-order valence-electron chi connectivity index (χ3n) is 3.82. The smallest absolute Gasteiger partial charge is 0.274 e. The van der Waals surface area contributed by atoms with E-state index in [9.17, 15) is 4.79 Å². The maximum Gasteiger partial charge on any atom is 0.274 e. The monoisotopic (exact) mass is 304 g/mol. The van der Waals surface area contributed by atoms with Gasteiger partial charge >= 0.3 is 0 Å². The zero-order chi connectivity index (χ0) is 15.7. The second-order valence-corrected chi connectivity index (χ2v) is 5.41. The van der Waals surface area contributed by atoms with Crippen molar-refractivity contribution in [3.63, 3.8) is 0 Å². The van der Waals surface area contributed by atoms with Crippen LogP contribution >= 0.6 is 0 Å². The molecule has 2 aromatic heterocycles. The van der Waals surface area contributed by atoms with Crippen molar-refractivity contribution in [3.05, 3.63) is 23.5 Å². The van der Waals surface area contributed by atoms with E-state index < -0.39 is 0 Å². The average molecular weight is 304 g/mol. The Labute approximate surface area is 128 Å². The highest BCUT2D eigenvalue weighted by Gasteiger charge is 2.35. The molecule has 0 N–H and O–H groups in total. The lowest BCUT2D eigenvalue weighted by Crippen LogP contribution is -2.37. The minimum atomic E-state index is -0.0506. The van der Waals surface area contributed by atoms with Gasteiger partial charge in [0.05, 0.1) is 19.4 Å². The first-order valence-electron chi connectivity index (χ1n) is 7.36. The van der Waals surface area contributed by atoms with Gasteiger partial charge in [0.25, 0.3) is 5.91 Å². The molecule has 1 aliphatic rings. The van der Waals surface area contributed by atoms with Gasteiger partial charge in [-0.3, -0.25) is 4.79 Å². The van der Waals surface area contributed by atoms with Crippen LogP contribution in [0.2, 0.25) is 0 Å². The molecular formula is C15H20N4O3. The van der Waals surface area contributed by atoms with Crippen molar-refractivity contribution in [2.24, 2.45) is 0 Å². The topological polar surface area (TPSA) is 69.0 Å². The fraction of sp³-hybridized carbons (Fsp3) is 0.533. The number of rotatable bonds is 6. The molecule has 1 aliphatic carbocycles. The molecule has 1 fully saturated rings. The molecule has 0 spiro atoms. The minimum absolute atomic E-state index is 0.0506. The number of methoxy groups -OCH3 is 2. The maximum atomic E-state index is 13.0. The Hall–Kier alpha value is -2.15. The summed E-state index contributed by atoms with van der Waals surface area (Å²) in [6, 6.07) is 3.84. The van der Waals surface area contributed by atoms with E-state index in [1.807, 2.05) is 11.8 Å². The van der Waals surface area contributed by atoms with Gasteiger partial charge in [-0.2, -0.15) is 0 Å². The number of nitrogens with zero attached hydrogens (tertiary/aromatic N) is 4. The number of hydrogen-bond acceptors (Lipinski definition) is 5. The van der Waals surface area contributed by atoms with Crippen molar-refractivity contribution < 1.29 is 14.3 Å². The third kappa shape index (κ3) is 2.64. The summed E-state index contributed by atoms with van der Waals surface area (Å²) in [4.78, 5) is 19.2. The fourth-order valence-electron chi connectivity index (χ4n) is 2.54. The lowest BCUT2D eigenvalue weighted by atomic mass is 10.3. The molecule has 7 heteroatoms. The third-order valence-corrected chi connectivity index (χ3v) is 3.82. The highest BCUT2D eigenvalue weighted by atomic mass is 16.5. The quantitative estimate of drug-likeness (QED) is 0.804. The number of imidazole rings is 1. The largest absolute Gasteiger partial charge is 0.480 e. The van der Waals surface area contributed by atoms with Crippen LogP contribution in [-0.2, 0) is 4.74 Å². The Morgan fingerprint density at radius 3 is 2.82 bits per heavy atom. The summed E-state index contributed by atoms with van der Waals surface area (Å²) < 4.78 is 11.8. The van der Waals surface area contributed by atoms with Crippen molar-refractivity contribution in [2.45, 2.75) is 25.8 Å². The van der Waals surface area contributed by atoms with Crippen molar-refractivity contribution >= 4 is 11.6 Å². The van der Waals surface area contributed by atoms with Crippen LogP contribution in [0.5, 0.6) is 5.88 Å². The van der Waals surface area contributed by atoms with Gasteiger partial charge < -0.3 is 14.4 Å². The molecule has 0 aromatic carbocycles. The van der Waals surface area contributed by atoms with Crippen LogP contribution in [0.3, 0.4) is 0 Å². The second-order valence-electron chi connectivity index (χ2n) is 5.41. The Bertz CT molecular complexity index is 693. The first-order chi connectivity index (χ1) is 10.7. The highest BCUT2D eigenvalue weighted by Crippen LogP contribution is 2.28. The van der Waals surface area contributed by atoms with E-state index in [-0.39, 0.29) is 5.91 Å². The molecule has 1 amide bonds. The van der Waals surface area contributed by atoms with E-state index >= 15 is 0 Å². The van der Waals surface area contributed by atoms with Gasteiger partial charge in [0.15, 0.2) is 11.3 Å². The maximum absolute atomic E-state index is 13.0. The van der Waals surface area contributed by atoms with Gasteiger partial charge in [0, 0.05) is 25.8 Å². The van der Waals surface area contributed by atoms with Gasteiger partial charge in [0.2, 0.25) is 5.88 Å². The predicted octanol–water partition coefficient (Wildman–Crippen LogP) is 1.30. The molecule has 0 unspecified atom stereocenters. The van der Waals surface area contributed by atoms with E-state index in [0.29, 0.717) is 42.1 Å². The Morgan fingerprint density at radius 2 is 2.18 bits per heavy atom. The number of ether oxygens (including phenoxy) is 2. The van der Waals surface area contributed by atoms with E-state index in [0.717, 1.165) is 12.8 Å². The lowest BCUT2D eigenvalue weighted by Gasteiger charge is -2.21. The van der Waals surface area contributed by atoms with Crippen LogP contribution < -0.4 is 4.74 Å². The SMILES string of the molecule is COCCN(C(=O)c1c(C)nc2ccc(OC)nn12)C1CC1. The zero-order valence-corrected chi connectivity index (χ0v) is 13.1. The molecule has 2 heterocycles. The van der Waals surface area contributed by atoms with Crippen molar-refractivity contribution in [1.82, 2.24) is 19.5 Å². The van der Waals surface area contributed by atoms with Gasteiger partial charge in [-0.1, -0.05) is 0 Å². The van der Waals surface area contributed by atoms with Crippen LogP contribution in [0.15, 0.2) is 12.1 Å². The first kappa shape index (κ1) is 14.8. The summed E-state index contributed by atoms with van der Waals surface area (Å²) in [7, 11) is 3.19. The average Bonchev–Trinajstić information content (AvgIpc) is 3.29. The van der Waals surface area contributed by atoms with Crippen LogP contribution in [0, 0.1) is 6.92 Å². The van der Waals surface area contributed by atoms with Gasteiger partial charge in [0.1, 0.15) is 0 Å². The number of carbonyl (C=O) groups excluding carboxylic acids is 1. The molecule has 2 aromatic rings. The summed E-state index contributed by atoms with van der Waals surface area (Å²) in [6.07, 6.45) is 2.09. The van der Waals surface area contributed by atoms with Crippen LogP contribution in [-0.4, -0.2) is 58.8 Å². The molecule has 118 valence electrons. The van der Waals surface area contributed by atoms with Crippen molar-refractivity contribution in [1.29, 1.82) is 0 Å². The summed E-state index contributed by atoms with van der Waals surface area (Å²) in [5.74, 6) is 0.402. The molecule has 7 nitrogen and oxygen atoms in total. The van der Waals surface area contributed by atoms with E-state index in [4.69, 9.17) is 9.47 Å². The summed E-state index contributed by atoms with van der Waals surface area (Å²) in [5.41, 5.74) is 1.81. The van der Waals surface area contributed by atoms with Gasteiger partial charge in [-0.05, 0) is 25.8 Å². The fourth-order valence-corrected chi connectivity index (χ4v) is 2.54. The minimum Gasteiger partial charge on any atom is -0.480 e. The summed E-state index contributed by atoms with van der Waals surface area (Å²) in [6.45, 7) is 2.93. The number of hydrogen-bond donors (Lipinski definition) is 0. The standard InChI is InChI=1S/C15H20N4O3/c1-10-14(15(20)18(8-9-21-2)11-4-5-11)19-12(16-10)6-7-13(17-19)22-3/h6-7,11H,4-5,8-9H2,1-3H3. The Balaban J connectivity index is 1.99. The summed E-state index contributed by atoms with van der Waals surface area (Å²) in [5, 5.41) is 4.33. The molecule has 0 atom stereocenters. The Kier molecular flexibility index (Phi) is 3.98. The van der Waals surface area contributed by atoms with E-state index in [1.165, 1.54) is 0 Å². The Morgan fingerprint density at radius 1 is 1.41 bits per heavy atom. The number of carbonyl (C=O) groups is 1. The van der Waals surface area contributed by atoms with Crippen molar-refractivity contribution in [3.8, 4) is 5.88 Å². The normalized spacial score (nSPS) is 14.3. The molecule has 0 radical (unpaired) electrons. The highest BCUT2D eigenvalue weighted by molar-refractivity contribution is 5.95. The van der Waals surface area contributed by atoms with Gasteiger partial charge in [-0.15, -0.1) is 5.10 Å². The number of fused-ring (bicyclic) bond motifs is 1. The molecule has 3 rings (SSSR count). The number of aryl methyl sites for hydroxylation is 1. The molecule has 0 saturated heterocycles. The lowest BCUT2D eigenvalue weighted by molar-refractivity contribution is 0.0671. The molecule has 22 heavy (non-hydrogen) atoms. The van der Waals surface area contributed by atoms with Crippen LogP contribution in [0.1, 0.15) is 29.0 Å². The summed E-state index contributed by atoms with van der Waals surface area (Å²) >= 11 is 0. The molecule has 0 aliphatic heterocycles. The van der Waals surface area contributed by atoms with E-state index in [2.05, 4.69) is 10.1 Å².